The van der Waals surface area contributed by atoms with Crippen molar-refractivity contribution in [3.8, 4) is 17.2 Å². The third kappa shape index (κ3) is 8.42. The zero-order valence-corrected chi connectivity index (χ0v) is 20.4. The van der Waals surface area contributed by atoms with Crippen LogP contribution >= 0.6 is 0 Å². The quantitative estimate of drug-likeness (QED) is 0.176. The highest BCUT2D eigenvalue weighted by atomic mass is 16.5. The molecule has 4 heteroatoms. The molecule has 2 aromatic carbocycles. The SMILES string of the molecule is CCCCCC1CCCCC1CCCOc1ccc(OC(=O)c2ccc(OCC)cc2)cc1. The first kappa shape index (κ1) is 25.1. The molecule has 0 N–H and O–H groups in total. The third-order valence-electron chi connectivity index (χ3n) is 6.67. The van der Waals surface area contributed by atoms with E-state index in [1.165, 1.54) is 57.8 Å². The minimum absolute atomic E-state index is 0.382. The lowest BCUT2D eigenvalue weighted by Crippen LogP contribution is -2.20. The largest absolute Gasteiger partial charge is 0.494 e. The third-order valence-corrected chi connectivity index (χ3v) is 6.67. The van der Waals surface area contributed by atoms with Gasteiger partial charge in [-0.2, -0.15) is 0 Å². The number of carbonyl (C=O) groups is 1. The van der Waals surface area contributed by atoms with E-state index in [9.17, 15) is 4.79 Å². The molecule has 33 heavy (non-hydrogen) atoms. The van der Waals surface area contributed by atoms with Gasteiger partial charge in [0.05, 0.1) is 18.8 Å². The first-order chi connectivity index (χ1) is 16.2. The van der Waals surface area contributed by atoms with Crippen molar-refractivity contribution in [3.63, 3.8) is 0 Å². The Labute approximate surface area is 199 Å². The molecule has 2 aromatic rings. The summed E-state index contributed by atoms with van der Waals surface area (Å²) in [4.78, 5) is 12.3. The molecule has 0 radical (unpaired) electrons. The second-order valence-electron chi connectivity index (χ2n) is 9.11. The van der Waals surface area contributed by atoms with Crippen LogP contribution in [0.15, 0.2) is 48.5 Å². The van der Waals surface area contributed by atoms with E-state index in [1.807, 2.05) is 19.1 Å². The van der Waals surface area contributed by atoms with Crippen molar-refractivity contribution in [2.75, 3.05) is 13.2 Å². The Morgan fingerprint density at radius 3 is 1.97 bits per heavy atom. The molecule has 3 rings (SSSR count). The smallest absolute Gasteiger partial charge is 0.343 e. The number of ether oxygens (including phenoxy) is 3. The number of hydrogen-bond donors (Lipinski definition) is 0. The lowest BCUT2D eigenvalue weighted by molar-refractivity contribution is 0.0734. The number of hydrogen-bond acceptors (Lipinski definition) is 4. The number of rotatable bonds is 13. The van der Waals surface area contributed by atoms with Gasteiger partial charge in [0.2, 0.25) is 0 Å². The molecule has 0 saturated heterocycles. The molecule has 180 valence electrons. The molecular formula is C29H40O4. The molecule has 1 aliphatic rings. The fraction of sp³-hybridized carbons (Fsp3) is 0.552. The first-order valence-electron chi connectivity index (χ1n) is 12.9. The summed E-state index contributed by atoms with van der Waals surface area (Å²) in [6, 6.07) is 14.3. The maximum Gasteiger partial charge on any atom is 0.343 e. The van der Waals surface area contributed by atoms with Crippen molar-refractivity contribution in [1.82, 2.24) is 0 Å². The maximum absolute atomic E-state index is 12.3. The number of carbonyl (C=O) groups excluding carboxylic acids is 1. The van der Waals surface area contributed by atoms with Gasteiger partial charge in [0, 0.05) is 0 Å². The van der Waals surface area contributed by atoms with Crippen LogP contribution in [0.25, 0.3) is 0 Å². The van der Waals surface area contributed by atoms with Crippen molar-refractivity contribution in [2.45, 2.75) is 78.1 Å². The van der Waals surface area contributed by atoms with Gasteiger partial charge in [0.15, 0.2) is 0 Å². The summed E-state index contributed by atoms with van der Waals surface area (Å²) in [5.74, 6) is 3.49. The van der Waals surface area contributed by atoms with Crippen LogP contribution in [0.3, 0.4) is 0 Å². The van der Waals surface area contributed by atoms with Crippen LogP contribution in [0.4, 0.5) is 0 Å². The zero-order valence-electron chi connectivity index (χ0n) is 20.4. The van der Waals surface area contributed by atoms with Crippen molar-refractivity contribution >= 4 is 5.97 Å². The molecule has 0 amide bonds. The molecule has 0 heterocycles. The summed E-state index contributed by atoms with van der Waals surface area (Å²) in [7, 11) is 0. The van der Waals surface area contributed by atoms with E-state index in [4.69, 9.17) is 14.2 Å². The van der Waals surface area contributed by atoms with Gasteiger partial charge in [0.25, 0.3) is 0 Å². The normalized spacial score (nSPS) is 18.0. The van der Waals surface area contributed by atoms with Crippen LogP contribution in [-0.2, 0) is 0 Å². The van der Waals surface area contributed by atoms with Gasteiger partial charge < -0.3 is 14.2 Å². The van der Waals surface area contributed by atoms with E-state index in [2.05, 4.69) is 6.92 Å². The Bertz CT molecular complexity index is 813. The Balaban J connectivity index is 1.39. The van der Waals surface area contributed by atoms with Crippen molar-refractivity contribution in [2.24, 2.45) is 11.8 Å². The topological polar surface area (TPSA) is 44.8 Å². The van der Waals surface area contributed by atoms with Crippen LogP contribution in [0.2, 0.25) is 0 Å². The lowest BCUT2D eigenvalue weighted by Gasteiger charge is -2.31. The molecule has 1 saturated carbocycles. The number of benzene rings is 2. The van der Waals surface area contributed by atoms with E-state index >= 15 is 0 Å². The molecule has 4 nitrogen and oxygen atoms in total. The maximum atomic E-state index is 12.3. The molecule has 0 aromatic heterocycles. The highest BCUT2D eigenvalue weighted by molar-refractivity contribution is 5.91. The fourth-order valence-electron chi connectivity index (χ4n) is 4.86. The molecule has 2 unspecified atom stereocenters. The van der Waals surface area contributed by atoms with E-state index in [0.717, 1.165) is 36.4 Å². The molecule has 1 fully saturated rings. The Kier molecular flexibility index (Phi) is 10.6. The predicted octanol–water partition coefficient (Wildman–Crippen LogP) is 7.85. The van der Waals surface area contributed by atoms with Crippen LogP contribution < -0.4 is 14.2 Å². The Morgan fingerprint density at radius 2 is 1.33 bits per heavy atom. The van der Waals surface area contributed by atoms with Gasteiger partial charge in [0.1, 0.15) is 17.2 Å². The molecule has 0 bridgehead atoms. The summed E-state index contributed by atoms with van der Waals surface area (Å²) in [6.45, 7) is 5.55. The summed E-state index contributed by atoms with van der Waals surface area (Å²) < 4.78 is 16.8. The predicted molar refractivity (Wildman–Crippen MR) is 133 cm³/mol. The van der Waals surface area contributed by atoms with Crippen molar-refractivity contribution in [3.05, 3.63) is 54.1 Å². The zero-order chi connectivity index (χ0) is 23.3. The minimum Gasteiger partial charge on any atom is -0.494 e. The second kappa shape index (κ2) is 13.9. The van der Waals surface area contributed by atoms with Gasteiger partial charge in [-0.1, -0.05) is 58.3 Å². The number of unbranched alkanes of at least 4 members (excludes halogenated alkanes) is 2. The van der Waals surface area contributed by atoms with E-state index in [-0.39, 0.29) is 5.97 Å². The molecule has 2 atom stereocenters. The molecule has 1 aliphatic carbocycles. The van der Waals surface area contributed by atoms with Crippen LogP contribution in [-0.4, -0.2) is 19.2 Å². The van der Waals surface area contributed by atoms with Gasteiger partial charge in [-0.05, 0) is 80.1 Å². The standard InChI is InChI=1S/C29H40O4/c1-3-5-6-10-23-11-7-8-12-24(23)13-9-22-32-27-18-20-28(21-19-27)33-29(30)25-14-16-26(17-15-25)31-4-2/h14-21,23-24H,3-13,22H2,1-2H3. The van der Waals surface area contributed by atoms with Gasteiger partial charge in [-0.25, -0.2) is 4.79 Å². The van der Waals surface area contributed by atoms with Gasteiger partial charge in [-0.3, -0.25) is 0 Å². The highest BCUT2D eigenvalue weighted by Gasteiger charge is 2.24. The first-order valence-corrected chi connectivity index (χ1v) is 12.9. The highest BCUT2D eigenvalue weighted by Crippen LogP contribution is 2.36. The lowest BCUT2D eigenvalue weighted by atomic mass is 9.74. The van der Waals surface area contributed by atoms with Crippen LogP contribution in [0.5, 0.6) is 17.2 Å². The van der Waals surface area contributed by atoms with Gasteiger partial charge in [-0.15, -0.1) is 0 Å². The molecule has 0 aliphatic heterocycles. The summed E-state index contributed by atoms with van der Waals surface area (Å²) >= 11 is 0. The second-order valence-corrected chi connectivity index (χ2v) is 9.11. The van der Waals surface area contributed by atoms with E-state index in [0.29, 0.717) is 17.9 Å². The molecule has 0 spiro atoms. The summed E-state index contributed by atoms with van der Waals surface area (Å²) in [5, 5.41) is 0. The number of esters is 1. The fourth-order valence-corrected chi connectivity index (χ4v) is 4.86. The van der Waals surface area contributed by atoms with Crippen LogP contribution in [0, 0.1) is 11.8 Å². The summed E-state index contributed by atoms with van der Waals surface area (Å²) in [6.07, 6.45) is 13.5. The van der Waals surface area contributed by atoms with Gasteiger partial charge >= 0.3 is 5.97 Å². The average Bonchev–Trinajstić information content (AvgIpc) is 2.84. The minimum atomic E-state index is -0.382. The Morgan fingerprint density at radius 1 is 0.758 bits per heavy atom. The van der Waals surface area contributed by atoms with Crippen LogP contribution in [0.1, 0.15) is 88.4 Å². The van der Waals surface area contributed by atoms with E-state index < -0.39 is 0 Å². The van der Waals surface area contributed by atoms with Crippen molar-refractivity contribution in [1.29, 1.82) is 0 Å². The average molecular weight is 453 g/mol. The molecular weight excluding hydrogens is 412 g/mol. The monoisotopic (exact) mass is 452 g/mol. The van der Waals surface area contributed by atoms with Crippen molar-refractivity contribution < 1.29 is 19.0 Å². The Hall–Kier alpha value is -2.49. The summed E-state index contributed by atoms with van der Waals surface area (Å²) in [5.41, 5.74) is 0.495. The van der Waals surface area contributed by atoms with E-state index in [1.54, 1.807) is 36.4 Å².